The largest absolute Gasteiger partial charge is 0.366 e. The van der Waals surface area contributed by atoms with E-state index in [1.54, 1.807) is 0 Å². The first-order valence-electron chi connectivity index (χ1n) is 6.48. The van der Waals surface area contributed by atoms with Gasteiger partial charge in [0.1, 0.15) is 0 Å². The van der Waals surface area contributed by atoms with Gasteiger partial charge in [-0.3, -0.25) is 0 Å². The average molecular weight is 240 g/mol. The lowest BCUT2D eigenvalue weighted by molar-refractivity contribution is -0.0509. The van der Waals surface area contributed by atoms with Crippen LogP contribution in [0.3, 0.4) is 0 Å². The summed E-state index contributed by atoms with van der Waals surface area (Å²) in [6.45, 7) is 4.98. The highest BCUT2D eigenvalue weighted by Crippen LogP contribution is 2.29. The molecule has 1 nitrogen and oxygen atoms in total. The van der Waals surface area contributed by atoms with Gasteiger partial charge in [0.2, 0.25) is 0 Å². The van der Waals surface area contributed by atoms with Crippen molar-refractivity contribution in [1.29, 1.82) is 0 Å². The highest BCUT2D eigenvalue weighted by molar-refractivity contribution is 5.22. The van der Waals surface area contributed by atoms with Crippen molar-refractivity contribution >= 4 is 0 Å². The first-order valence-corrected chi connectivity index (χ1v) is 6.48. The third-order valence-electron chi connectivity index (χ3n) is 3.46. The summed E-state index contributed by atoms with van der Waals surface area (Å²) in [6, 6.07) is 20.8. The van der Waals surface area contributed by atoms with Crippen LogP contribution in [0.15, 0.2) is 60.7 Å². The molecule has 2 rings (SSSR count). The topological polar surface area (TPSA) is 9.23 Å². The van der Waals surface area contributed by atoms with Crippen LogP contribution in [-0.2, 0) is 16.9 Å². The lowest BCUT2D eigenvalue weighted by Crippen LogP contribution is -2.24. The first kappa shape index (κ1) is 12.8. The number of benzene rings is 2. The van der Waals surface area contributed by atoms with Crippen molar-refractivity contribution in [3.8, 4) is 0 Å². The van der Waals surface area contributed by atoms with Crippen molar-refractivity contribution in [1.82, 2.24) is 0 Å². The van der Waals surface area contributed by atoms with Gasteiger partial charge in [-0.2, -0.15) is 0 Å². The molecule has 0 heterocycles. The Hall–Kier alpha value is -1.60. The lowest BCUT2D eigenvalue weighted by Gasteiger charge is -2.29. The maximum atomic E-state index is 6.15. The Balaban J connectivity index is 2.10. The monoisotopic (exact) mass is 240 g/mol. The van der Waals surface area contributed by atoms with E-state index in [0.717, 1.165) is 6.42 Å². The molecule has 0 spiro atoms. The Morgan fingerprint density at radius 2 is 1.44 bits per heavy atom. The van der Waals surface area contributed by atoms with Gasteiger partial charge in [-0.05, 0) is 24.5 Å². The van der Waals surface area contributed by atoms with E-state index in [9.17, 15) is 0 Å². The second kappa shape index (κ2) is 5.83. The van der Waals surface area contributed by atoms with Crippen molar-refractivity contribution in [2.24, 2.45) is 0 Å². The van der Waals surface area contributed by atoms with Crippen LogP contribution in [0, 0.1) is 0 Å². The zero-order valence-electron chi connectivity index (χ0n) is 11.1. The van der Waals surface area contributed by atoms with E-state index in [1.807, 2.05) is 24.3 Å². The fourth-order valence-corrected chi connectivity index (χ4v) is 2.00. The Morgan fingerprint density at radius 3 is 2.00 bits per heavy atom. The third kappa shape index (κ3) is 2.99. The summed E-state index contributed by atoms with van der Waals surface area (Å²) in [7, 11) is 0. The van der Waals surface area contributed by atoms with Gasteiger partial charge in [-0.1, -0.05) is 67.6 Å². The molecule has 18 heavy (non-hydrogen) atoms. The lowest BCUT2D eigenvalue weighted by atomic mass is 9.93. The quantitative estimate of drug-likeness (QED) is 0.746. The molecular weight excluding hydrogens is 220 g/mol. The maximum Gasteiger partial charge on any atom is 0.0905 e. The van der Waals surface area contributed by atoms with Crippen LogP contribution in [0.25, 0.3) is 0 Å². The molecule has 0 N–H and O–H groups in total. The van der Waals surface area contributed by atoms with Gasteiger partial charge in [0.05, 0.1) is 12.2 Å². The summed E-state index contributed by atoms with van der Waals surface area (Å²) in [4.78, 5) is 0. The second-order valence-electron chi connectivity index (χ2n) is 4.72. The van der Waals surface area contributed by atoms with Crippen molar-refractivity contribution in [3.05, 3.63) is 71.8 Å². The molecule has 0 fully saturated rings. The van der Waals surface area contributed by atoms with Gasteiger partial charge >= 0.3 is 0 Å². The predicted molar refractivity (Wildman–Crippen MR) is 75.3 cm³/mol. The van der Waals surface area contributed by atoms with E-state index >= 15 is 0 Å². The third-order valence-corrected chi connectivity index (χ3v) is 3.46. The van der Waals surface area contributed by atoms with E-state index in [0.29, 0.717) is 6.61 Å². The fraction of sp³-hybridized carbons (Fsp3) is 0.294. The van der Waals surface area contributed by atoms with Gasteiger partial charge in [0, 0.05) is 0 Å². The molecule has 0 aliphatic carbocycles. The van der Waals surface area contributed by atoms with Crippen molar-refractivity contribution < 1.29 is 4.74 Å². The fourth-order valence-electron chi connectivity index (χ4n) is 2.00. The van der Waals surface area contributed by atoms with Crippen molar-refractivity contribution in [3.63, 3.8) is 0 Å². The molecule has 1 heteroatoms. The summed E-state index contributed by atoms with van der Waals surface area (Å²) in [5.41, 5.74) is 2.24. The van der Waals surface area contributed by atoms with Gasteiger partial charge < -0.3 is 4.74 Å². The van der Waals surface area contributed by atoms with E-state index in [-0.39, 0.29) is 5.60 Å². The normalized spacial score (nSPS) is 14.1. The van der Waals surface area contributed by atoms with E-state index in [4.69, 9.17) is 4.74 Å². The Kier molecular flexibility index (Phi) is 4.16. The van der Waals surface area contributed by atoms with Gasteiger partial charge in [-0.15, -0.1) is 0 Å². The minimum Gasteiger partial charge on any atom is -0.366 e. The van der Waals surface area contributed by atoms with Crippen LogP contribution in [0.4, 0.5) is 0 Å². The van der Waals surface area contributed by atoms with Crippen LogP contribution >= 0.6 is 0 Å². The number of hydrogen-bond acceptors (Lipinski definition) is 1. The smallest absolute Gasteiger partial charge is 0.0905 e. The molecule has 2 aromatic carbocycles. The van der Waals surface area contributed by atoms with Crippen molar-refractivity contribution in [2.75, 3.05) is 0 Å². The zero-order chi connectivity index (χ0) is 12.8. The van der Waals surface area contributed by atoms with E-state index in [2.05, 4.69) is 50.2 Å². The first-order chi connectivity index (χ1) is 8.74. The second-order valence-corrected chi connectivity index (χ2v) is 4.72. The SMILES string of the molecule is CCC(C)(OCc1ccccc1)c1ccccc1. The Bertz CT molecular complexity index is 463. The van der Waals surface area contributed by atoms with Crippen LogP contribution < -0.4 is 0 Å². The Labute approximate surface area is 109 Å². The van der Waals surface area contributed by atoms with E-state index in [1.165, 1.54) is 11.1 Å². The molecule has 0 aromatic heterocycles. The highest BCUT2D eigenvalue weighted by Gasteiger charge is 2.24. The summed E-state index contributed by atoms with van der Waals surface area (Å²) in [5.74, 6) is 0. The molecule has 1 unspecified atom stereocenters. The maximum absolute atomic E-state index is 6.15. The van der Waals surface area contributed by atoms with Crippen molar-refractivity contribution in [2.45, 2.75) is 32.5 Å². The summed E-state index contributed by atoms with van der Waals surface area (Å²) in [5, 5.41) is 0. The zero-order valence-corrected chi connectivity index (χ0v) is 11.1. The molecule has 0 bridgehead atoms. The number of ether oxygens (including phenoxy) is 1. The molecule has 0 saturated heterocycles. The van der Waals surface area contributed by atoms with Gasteiger partial charge in [0.15, 0.2) is 0 Å². The van der Waals surface area contributed by atoms with Crippen LogP contribution in [0.5, 0.6) is 0 Å². The Morgan fingerprint density at radius 1 is 0.889 bits per heavy atom. The molecule has 0 amide bonds. The number of rotatable bonds is 5. The van der Waals surface area contributed by atoms with Crippen LogP contribution in [-0.4, -0.2) is 0 Å². The minimum absolute atomic E-state index is 0.211. The average Bonchev–Trinajstić information content (AvgIpc) is 2.47. The summed E-state index contributed by atoms with van der Waals surface area (Å²) >= 11 is 0. The van der Waals surface area contributed by atoms with Crippen LogP contribution in [0.1, 0.15) is 31.4 Å². The van der Waals surface area contributed by atoms with Gasteiger partial charge in [-0.25, -0.2) is 0 Å². The molecule has 2 aromatic rings. The standard InChI is InChI=1S/C17H20O/c1-3-17(2,16-12-8-5-9-13-16)18-14-15-10-6-4-7-11-15/h4-13H,3,14H2,1-2H3. The van der Waals surface area contributed by atoms with Crippen LogP contribution in [0.2, 0.25) is 0 Å². The summed E-state index contributed by atoms with van der Waals surface area (Å²) in [6.07, 6.45) is 0.962. The van der Waals surface area contributed by atoms with Gasteiger partial charge in [0.25, 0.3) is 0 Å². The predicted octanol–water partition coefficient (Wildman–Crippen LogP) is 4.53. The van der Waals surface area contributed by atoms with E-state index < -0.39 is 0 Å². The highest BCUT2D eigenvalue weighted by atomic mass is 16.5. The molecule has 1 atom stereocenters. The molecule has 0 radical (unpaired) electrons. The number of hydrogen-bond donors (Lipinski definition) is 0. The molecular formula is C17H20O. The molecule has 0 aliphatic heterocycles. The summed E-state index contributed by atoms with van der Waals surface area (Å²) < 4.78 is 6.15. The minimum atomic E-state index is -0.211. The molecule has 0 saturated carbocycles. The molecule has 94 valence electrons. The molecule has 0 aliphatic rings.